The number of carboxylic acid groups (broad SMARTS) is 1. The van der Waals surface area contributed by atoms with E-state index >= 15 is 0 Å². The highest BCUT2D eigenvalue weighted by Gasteiger charge is 2.33. The van der Waals surface area contributed by atoms with Crippen LogP contribution >= 0.6 is 11.3 Å². The second kappa shape index (κ2) is 20.1. The molecule has 4 aliphatic rings. The van der Waals surface area contributed by atoms with Crippen molar-refractivity contribution in [2.24, 2.45) is 13.0 Å². The van der Waals surface area contributed by atoms with E-state index in [4.69, 9.17) is 14.8 Å². The summed E-state index contributed by atoms with van der Waals surface area (Å²) in [5, 5.41) is 22.4. The fourth-order valence-corrected chi connectivity index (χ4v) is 12.3. The zero-order chi connectivity index (χ0) is 49.5. The SMILES string of the molecule is Cc1c(OC2CCC(CCCN3CCN(c4cccc5c(C6CCC(=O)NC6=O)nn(C)c45)CC3)CC2)cccc1-c1ccc(N2CCc3cccc(C(=O)Nc4nc5ccccc5s4)c3C2)nc1C(=O)O. The highest BCUT2D eigenvalue weighted by Crippen LogP contribution is 2.39. The molecule has 7 aromatic rings. The number of aromatic nitrogens is 4. The van der Waals surface area contributed by atoms with Gasteiger partial charge in [-0.2, -0.15) is 5.10 Å². The summed E-state index contributed by atoms with van der Waals surface area (Å²) >= 11 is 1.44. The number of thiazole rings is 1. The van der Waals surface area contributed by atoms with E-state index in [-0.39, 0.29) is 29.5 Å². The monoisotopic (exact) mass is 985 g/mol. The average molecular weight is 986 g/mol. The normalized spacial score (nSPS) is 19.6. The van der Waals surface area contributed by atoms with Crippen molar-refractivity contribution in [3.63, 3.8) is 0 Å². The van der Waals surface area contributed by atoms with Gasteiger partial charge >= 0.3 is 5.97 Å². The Kier molecular flexibility index (Phi) is 13.2. The van der Waals surface area contributed by atoms with Crippen molar-refractivity contribution in [2.75, 3.05) is 54.4 Å². The number of anilines is 3. The van der Waals surface area contributed by atoms with E-state index in [0.29, 0.717) is 60.3 Å². The van der Waals surface area contributed by atoms with Gasteiger partial charge in [0.25, 0.3) is 5.91 Å². The fourth-order valence-electron chi connectivity index (χ4n) is 11.5. The predicted molar refractivity (Wildman–Crippen MR) is 280 cm³/mol. The van der Waals surface area contributed by atoms with Crippen molar-refractivity contribution < 1.29 is 29.0 Å². The van der Waals surface area contributed by atoms with Crippen molar-refractivity contribution in [1.29, 1.82) is 0 Å². The van der Waals surface area contributed by atoms with Crippen LogP contribution in [0.2, 0.25) is 0 Å². The number of nitrogens with zero attached hydrogens (tertiary/aromatic N) is 7. The maximum Gasteiger partial charge on any atom is 0.355 e. The molecular formula is C56H59N9O6S. The van der Waals surface area contributed by atoms with Crippen molar-refractivity contribution in [3.8, 4) is 16.9 Å². The van der Waals surface area contributed by atoms with Crippen LogP contribution in [0.25, 0.3) is 32.2 Å². The molecule has 370 valence electrons. The molecule has 11 rings (SSSR count). The molecule has 3 aromatic heterocycles. The van der Waals surface area contributed by atoms with Gasteiger partial charge < -0.3 is 19.6 Å². The molecule has 3 fully saturated rings. The molecule has 1 unspecified atom stereocenters. The lowest BCUT2D eigenvalue weighted by atomic mass is 9.84. The fraction of sp³-hybridized carbons (Fsp3) is 0.375. The summed E-state index contributed by atoms with van der Waals surface area (Å²) in [4.78, 5) is 67.5. The molecule has 2 saturated heterocycles. The quantitative estimate of drug-likeness (QED) is 0.0937. The Morgan fingerprint density at radius 1 is 0.833 bits per heavy atom. The minimum absolute atomic E-state index is 0.0211. The first-order valence-corrected chi connectivity index (χ1v) is 26.2. The van der Waals surface area contributed by atoms with Crippen LogP contribution in [-0.4, -0.2) is 98.8 Å². The van der Waals surface area contributed by atoms with Crippen molar-refractivity contribution in [3.05, 3.63) is 125 Å². The van der Waals surface area contributed by atoms with Gasteiger partial charge in [0.05, 0.1) is 39.1 Å². The molecule has 0 radical (unpaired) electrons. The number of carbonyl (C=O) groups is 4. The summed E-state index contributed by atoms with van der Waals surface area (Å²) in [6.07, 6.45) is 8.18. The van der Waals surface area contributed by atoms with Gasteiger partial charge in [0.1, 0.15) is 11.6 Å². The molecule has 3 aliphatic heterocycles. The van der Waals surface area contributed by atoms with E-state index < -0.39 is 11.9 Å². The lowest BCUT2D eigenvalue weighted by Crippen LogP contribution is -2.46. The van der Waals surface area contributed by atoms with Gasteiger partial charge in [0.2, 0.25) is 11.8 Å². The minimum Gasteiger partial charge on any atom is -0.490 e. The third kappa shape index (κ3) is 9.52. The first kappa shape index (κ1) is 47.2. The number of aryl methyl sites for hydroxylation is 1. The summed E-state index contributed by atoms with van der Waals surface area (Å²) in [5.74, 6) is -0.238. The second-order valence-electron chi connectivity index (χ2n) is 19.8. The number of carboxylic acids is 1. The van der Waals surface area contributed by atoms with Gasteiger partial charge in [0.15, 0.2) is 10.8 Å². The second-order valence-corrected chi connectivity index (χ2v) is 20.8. The van der Waals surface area contributed by atoms with E-state index in [1.54, 1.807) is 0 Å². The lowest BCUT2D eigenvalue weighted by molar-refractivity contribution is -0.134. The molecule has 15 nitrogen and oxygen atoms in total. The lowest BCUT2D eigenvalue weighted by Gasteiger charge is -2.37. The van der Waals surface area contributed by atoms with Crippen LogP contribution in [0.4, 0.5) is 16.6 Å². The molecular weight excluding hydrogens is 927 g/mol. The zero-order valence-electron chi connectivity index (χ0n) is 40.7. The van der Waals surface area contributed by atoms with Crippen molar-refractivity contribution in [1.82, 2.24) is 30.0 Å². The number of imide groups is 1. The summed E-state index contributed by atoms with van der Waals surface area (Å²) < 4.78 is 9.59. The van der Waals surface area contributed by atoms with Crippen LogP contribution in [0, 0.1) is 12.8 Å². The van der Waals surface area contributed by atoms with E-state index in [2.05, 4.69) is 37.6 Å². The maximum absolute atomic E-state index is 13.7. The van der Waals surface area contributed by atoms with Crippen LogP contribution < -0.4 is 25.2 Å². The predicted octanol–water partition coefficient (Wildman–Crippen LogP) is 9.13. The molecule has 0 spiro atoms. The molecule has 3 amide bonds. The van der Waals surface area contributed by atoms with E-state index in [9.17, 15) is 24.3 Å². The number of ether oxygens (including phenoxy) is 1. The summed E-state index contributed by atoms with van der Waals surface area (Å²) in [7, 11) is 1.94. The number of aromatic carboxylic acids is 1. The topological polar surface area (TPSA) is 175 Å². The summed E-state index contributed by atoms with van der Waals surface area (Å²) in [5.41, 5.74) is 8.50. The number of rotatable bonds is 13. The number of pyridine rings is 1. The number of hydrogen-bond donors (Lipinski definition) is 3. The van der Waals surface area contributed by atoms with E-state index in [1.165, 1.54) is 17.8 Å². The first-order valence-electron chi connectivity index (χ1n) is 25.3. The summed E-state index contributed by atoms with van der Waals surface area (Å²) in [6, 6.07) is 29.4. The molecule has 0 bridgehead atoms. The number of carbonyl (C=O) groups excluding carboxylic acids is 3. The maximum atomic E-state index is 13.7. The zero-order valence-corrected chi connectivity index (χ0v) is 41.5. The molecule has 4 aromatic carbocycles. The number of nitrogens with one attached hydrogen (secondary N) is 2. The van der Waals surface area contributed by atoms with Gasteiger partial charge in [-0.1, -0.05) is 59.9 Å². The summed E-state index contributed by atoms with van der Waals surface area (Å²) in [6.45, 7) is 7.95. The molecule has 72 heavy (non-hydrogen) atoms. The Morgan fingerprint density at radius 2 is 1.64 bits per heavy atom. The van der Waals surface area contributed by atoms with Crippen molar-refractivity contribution in [2.45, 2.75) is 83.3 Å². The van der Waals surface area contributed by atoms with Gasteiger partial charge in [-0.25, -0.2) is 14.8 Å². The third-order valence-corrected chi connectivity index (χ3v) is 16.3. The number of piperidine rings is 1. The van der Waals surface area contributed by atoms with Crippen LogP contribution in [0.5, 0.6) is 5.75 Å². The molecule has 1 aliphatic carbocycles. The largest absolute Gasteiger partial charge is 0.490 e. The van der Waals surface area contributed by atoms with Gasteiger partial charge in [0, 0.05) is 69.3 Å². The van der Waals surface area contributed by atoms with Crippen LogP contribution in [0.15, 0.2) is 91.0 Å². The number of amides is 3. The number of fused-ring (bicyclic) bond motifs is 3. The first-order chi connectivity index (χ1) is 35.0. The van der Waals surface area contributed by atoms with Crippen LogP contribution in [0.1, 0.15) is 101 Å². The molecule has 3 N–H and O–H groups in total. The van der Waals surface area contributed by atoms with Gasteiger partial charge in [-0.3, -0.25) is 34.6 Å². The Labute approximate surface area is 422 Å². The number of para-hydroxylation sites is 2. The third-order valence-electron chi connectivity index (χ3n) is 15.3. The standard InChI is InChI=1S/C56H59N9O6S/c1-34-38(39-22-24-48(58-51(39)55(69)70)65-28-26-36-10-5-12-40(43(36)33-65)53(67)60-56-57-44-14-3-4-17-47(44)72-56)11-7-16-46(34)71-37-20-18-35(19-21-37)9-8-27-63-29-31-64(32-30-63)45-15-6-13-41-50(61-62(2)52(41)45)42-23-25-49(66)59-54(42)68/h3-7,10-17,22,24,35,37,42H,8-9,18-21,23,25-33H2,1-2H3,(H,69,70)(H,57,60,67)(H,59,66,68). The minimum atomic E-state index is -1.10. The number of benzene rings is 4. The Hall–Kier alpha value is -7.17. The molecule has 1 saturated carbocycles. The Bertz CT molecular complexity index is 3190. The van der Waals surface area contributed by atoms with Gasteiger partial charge in [-0.05, 0) is 135 Å². The van der Waals surface area contributed by atoms with Gasteiger partial charge in [-0.15, -0.1) is 0 Å². The number of hydrogen-bond acceptors (Lipinski definition) is 12. The Balaban J connectivity index is 0.672. The highest BCUT2D eigenvalue weighted by molar-refractivity contribution is 7.22. The molecule has 6 heterocycles. The van der Waals surface area contributed by atoms with E-state index in [1.807, 2.05) is 102 Å². The van der Waals surface area contributed by atoms with Crippen molar-refractivity contribution >= 4 is 72.8 Å². The number of piperazine rings is 1. The highest BCUT2D eigenvalue weighted by atomic mass is 32.1. The van der Waals surface area contributed by atoms with Crippen LogP contribution in [-0.2, 0) is 29.6 Å². The average Bonchev–Trinajstić information content (AvgIpc) is 3.96. The molecule has 16 heteroatoms. The smallest absolute Gasteiger partial charge is 0.355 e. The molecule has 1 atom stereocenters. The Morgan fingerprint density at radius 3 is 2.44 bits per heavy atom. The van der Waals surface area contributed by atoms with Crippen LogP contribution in [0.3, 0.4) is 0 Å². The van der Waals surface area contributed by atoms with E-state index in [0.717, 1.165) is 125 Å².